The first-order chi connectivity index (χ1) is 7.90. The Bertz CT molecular complexity index is 416. The van der Waals surface area contributed by atoms with E-state index in [-0.39, 0.29) is 6.10 Å². The van der Waals surface area contributed by atoms with Crippen molar-refractivity contribution >= 4 is 0 Å². The molecule has 3 nitrogen and oxygen atoms in total. The zero-order valence-electron chi connectivity index (χ0n) is 9.21. The standard InChI is InChI=1S/C13H14N2O/c1-2-12(11-7-4-3-5-8-11)16-13-9-6-10-14-15-13/h3-10,12H,2H2,1H3. The highest BCUT2D eigenvalue weighted by molar-refractivity contribution is 5.19. The van der Waals surface area contributed by atoms with Crippen LogP contribution in [0.3, 0.4) is 0 Å². The molecule has 0 bridgehead atoms. The van der Waals surface area contributed by atoms with Crippen LogP contribution in [0.15, 0.2) is 48.7 Å². The van der Waals surface area contributed by atoms with Gasteiger partial charge in [-0.2, -0.15) is 5.10 Å². The fraction of sp³-hybridized carbons (Fsp3) is 0.231. The SMILES string of the molecule is CCC(Oc1cccnn1)c1ccccc1. The van der Waals surface area contributed by atoms with Gasteiger partial charge >= 0.3 is 0 Å². The van der Waals surface area contributed by atoms with Crippen molar-refractivity contribution in [1.29, 1.82) is 0 Å². The van der Waals surface area contributed by atoms with Gasteiger partial charge < -0.3 is 4.74 Å². The molecule has 82 valence electrons. The van der Waals surface area contributed by atoms with Crippen molar-refractivity contribution in [2.45, 2.75) is 19.4 Å². The second-order valence-electron chi connectivity index (χ2n) is 3.49. The van der Waals surface area contributed by atoms with Crippen molar-refractivity contribution in [2.24, 2.45) is 0 Å². The number of hydrogen-bond acceptors (Lipinski definition) is 3. The summed E-state index contributed by atoms with van der Waals surface area (Å²) >= 11 is 0. The fourth-order valence-corrected chi connectivity index (χ4v) is 1.55. The Morgan fingerprint density at radius 3 is 2.56 bits per heavy atom. The molecular weight excluding hydrogens is 200 g/mol. The third kappa shape index (κ3) is 2.57. The largest absolute Gasteiger partial charge is 0.468 e. The summed E-state index contributed by atoms with van der Waals surface area (Å²) in [4.78, 5) is 0. The number of rotatable bonds is 4. The Labute approximate surface area is 95.1 Å². The van der Waals surface area contributed by atoms with Gasteiger partial charge in [-0.05, 0) is 18.1 Å². The molecule has 1 aromatic carbocycles. The van der Waals surface area contributed by atoms with E-state index in [9.17, 15) is 0 Å². The molecule has 0 aliphatic rings. The molecule has 0 saturated heterocycles. The highest BCUT2D eigenvalue weighted by Crippen LogP contribution is 2.22. The molecule has 16 heavy (non-hydrogen) atoms. The Morgan fingerprint density at radius 2 is 1.94 bits per heavy atom. The van der Waals surface area contributed by atoms with Crippen LogP contribution in [0.5, 0.6) is 5.88 Å². The van der Waals surface area contributed by atoms with E-state index < -0.39 is 0 Å². The van der Waals surface area contributed by atoms with Crippen LogP contribution in [0.4, 0.5) is 0 Å². The van der Waals surface area contributed by atoms with Gasteiger partial charge in [0.25, 0.3) is 0 Å². The minimum Gasteiger partial charge on any atom is -0.468 e. The smallest absolute Gasteiger partial charge is 0.233 e. The van der Waals surface area contributed by atoms with Gasteiger partial charge in [-0.3, -0.25) is 0 Å². The number of hydrogen-bond donors (Lipinski definition) is 0. The van der Waals surface area contributed by atoms with E-state index in [1.807, 2.05) is 30.3 Å². The van der Waals surface area contributed by atoms with Gasteiger partial charge in [-0.1, -0.05) is 37.3 Å². The molecule has 2 aromatic rings. The lowest BCUT2D eigenvalue weighted by Crippen LogP contribution is -2.07. The maximum Gasteiger partial charge on any atom is 0.233 e. The molecule has 0 saturated carbocycles. The first kappa shape index (κ1) is 10.6. The van der Waals surface area contributed by atoms with E-state index >= 15 is 0 Å². The second-order valence-corrected chi connectivity index (χ2v) is 3.49. The van der Waals surface area contributed by atoms with Crippen molar-refractivity contribution < 1.29 is 4.74 Å². The molecule has 1 unspecified atom stereocenters. The van der Waals surface area contributed by atoms with Gasteiger partial charge in [0, 0.05) is 12.3 Å². The molecule has 0 spiro atoms. The molecule has 0 fully saturated rings. The molecule has 3 heteroatoms. The molecule has 0 amide bonds. The molecule has 2 rings (SSSR count). The van der Waals surface area contributed by atoms with Crippen molar-refractivity contribution in [2.75, 3.05) is 0 Å². The Morgan fingerprint density at radius 1 is 1.12 bits per heavy atom. The van der Waals surface area contributed by atoms with Crippen LogP contribution in [-0.2, 0) is 0 Å². The highest BCUT2D eigenvalue weighted by atomic mass is 16.5. The summed E-state index contributed by atoms with van der Waals surface area (Å²) < 4.78 is 5.78. The monoisotopic (exact) mass is 214 g/mol. The summed E-state index contributed by atoms with van der Waals surface area (Å²) in [6.45, 7) is 2.09. The van der Waals surface area contributed by atoms with Crippen molar-refractivity contribution in [3.8, 4) is 5.88 Å². The normalized spacial score (nSPS) is 12.1. The lowest BCUT2D eigenvalue weighted by Gasteiger charge is -2.16. The van der Waals surface area contributed by atoms with E-state index in [1.165, 1.54) is 0 Å². The summed E-state index contributed by atoms with van der Waals surface area (Å²) in [5, 5.41) is 7.71. The predicted molar refractivity (Wildman–Crippen MR) is 62.1 cm³/mol. The van der Waals surface area contributed by atoms with E-state index in [4.69, 9.17) is 4.74 Å². The molecular formula is C13H14N2O. The zero-order valence-corrected chi connectivity index (χ0v) is 9.21. The Balaban J connectivity index is 2.13. The van der Waals surface area contributed by atoms with E-state index in [1.54, 1.807) is 6.20 Å². The quantitative estimate of drug-likeness (QED) is 0.784. The Hall–Kier alpha value is -1.90. The third-order valence-electron chi connectivity index (χ3n) is 2.35. The molecule has 1 heterocycles. The average molecular weight is 214 g/mol. The third-order valence-corrected chi connectivity index (χ3v) is 2.35. The van der Waals surface area contributed by atoms with Crippen molar-refractivity contribution in [3.05, 3.63) is 54.2 Å². The first-order valence-corrected chi connectivity index (χ1v) is 5.39. The molecule has 1 aromatic heterocycles. The van der Waals surface area contributed by atoms with Gasteiger partial charge in [-0.15, -0.1) is 5.10 Å². The van der Waals surface area contributed by atoms with Crippen LogP contribution in [-0.4, -0.2) is 10.2 Å². The highest BCUT2D eigenvalue weighted by Gasteiger charge is 2.10. The Kier molecular flexibility index (Phi) is 3.49. The molecule has 1 atom stereocenters. The number of ether oxygens (including phenoxy) is 1. The van der Waals surface area contributed by atoms with Gasteiger partial charge in [0.2, 0.25) is 5.88 Å². The van der Waals surface area contributed by atoms with Gasteiger partial charge in [0.05, 0.1) is 0 Å². The van der Waals surface area contributed by atoms with Crippen LogP contribution in [0, 0.1) is 0 Å². The van der Waals surface area contributed by atoms with Gasteiger partial charge in [0.15, 0.2) is 0 Å². The summed E-state index contributed by atoms with van der Waals surface area (Å²) in [6, 6.07) is 13.8. The first-order valence-electron chi connectivity index (χ1n) is 5.39. The lowest BCUT2D eigenvalue weighted by atomic mass is 10.1. The minimum atomic E-state index is 0.0397. The topological polar surface area (TPSA) is 35.0 Å². The van der Waals surface area contributed by atoms with Crippen LogP contribution in [0.2, 0.25) is 0 Å². The maximum atomic E-state index is 5.78. The summed E-state index contributed by atoms with van der Waals surface area (Å²) in [5.41, 5.74) is 1.16. The summed E-state index contributed by atoms with van der Waals surface area (Å²) in [7, 11) is 0. The molecule has 0 N–H and O–H groups in total. The zero-order chi connectivity index (χ0) is 11.2. The van der Waals surface area contributed by atoms with Crippen LogP contribution >= 0.6 is 0 Å². The van der Waals surface area contributed by atoms with Gasteiger partial charge in [0.1, 0.15) is 6.10 Å². The molecule has 0 aliphatic carbocycles. The van der Waals surface area contributed by atoms with Crippen LogP contribution in [0.1, 0.15) is 25.0 Å². The van der Waals surface area contributed by atoms with Crippen LogP contribution < -0.4 is 4.74 Å². The van der Waals surface area contributed by atoms with E-state index in [0.29, 0.717) is 5.88 Å². The van der Waals surface area contributed by atoms with E-state index in [2.05, 4.69) is 29.3 Å². The average Bonchev–Trinajstić information content (AvgIpc) is 2.38. The summed E-state index contributed by atoms with van der Waals surface area (Å²) in [5.74, 6) is 0.568. The molecule has 0 aliphatic heterocycles. The number of benzene rings is 1. The van der Waals surface area contributed by atoms with Gasteiger partial charge in [-0.25, -0.2) is 0 Å². The minimum absolute atomic E-state index is 0.0397. The fourth-order valence-electron chi connectivity index (χ4n) is 1.55. The summed E-state index contributed by atoms with van der Waals surface area (Å²) in [6.07, 6.45) is 2.58. The van der Waals surface area contributed by atoms with Crippen molar-refractivity contribution in [1.82, 2.24) is 10.2 Å². The van der Waals surface area contributed by atoms with Crippen LogP contribution in [0.25, 0.3) is 0 Å². The maximum absolute atomic E-state index is 5.78. The number of nitrogens with zero attached hydrogens (tertiary/aromatic N) is 2. The van der Waals surface area contributed by atoms with Crippen molar-refractivity contribution in [3.63, 3.8) is 0 Å². The lowest BCUT2D eigenvalue weighted by molar-refractivity contribution is 0.190. The van der Waals surface area contributed by atoms with E-state index in [0.717, 1.165) is 12.0 Å². The molecule has 0 radical (unpaired) electrons. The second kappa shape index (κ2) is 5.26. The predicted octanol–water partition coefficient (Wildman–Crippen LogP) is 3.01. The number of aromatic nitrogens is 2.